The Morgan fingerprint density at radius 3 is 2.57 bits per heavy atom. The highest BCUT2D eigenvalue weighted by molar-refractivity contribution is 6.06. The van der Waals surface area contributed by atoms with Gasteiger partial charge in [-0.15, -0.1) is 0 Å². The summed E-state index contributed by atoms with van der Waals surface area (Å²) in [6, 6.07) is 9.83. The van der Waals surface area contributed by atoms with Crippen molar-refractivity contribution in [3.63, 3.8) is 0 Å². The number of amides is 1. The number of nitrogens with zero attached hydrogens (tertiary/aromatic N) is 2. The molecule has 2 N–H and O–H groups in total. The Morgan fingerprint density at radius 2 is 1.78 bits per heavy atom. The highest BCUT2D eigenvalue weighted by Crippen LogP contribution is 2.21. The molecule has 1 heterocycles. The third-order valence-electron chi connectivity index (χ3n) is 3.58. The number of hydrogen-bond donors (Lipinski definition) is 2. The highest BCUT2D eigenvalue weighted by Gasteiger charge is 2.13. The van der Waals surface area contributed by atoms with E-state index in [-0.39, 0.29) is 11.4 Å². The van der Waals surface area contributed by atoms with Gasteiger partial charge in [-0.25, -0.2) is 14.4 Å². The normalized spacial score (nSPS) is 11.0. The SMILES string of the molecule is CNCCCNC(=O)c1cccc2nc3cccc(F)c3nc12. The number of halogens is 1. The fourth-order valence-corrected chi connectivity index (χ4v) is 2.43. The summed E-state index contributed by atoms with van der Waals surface area (Å²) in [5.74, 6) is -0.669. The van der Waals surface area contributed by atoms with Crippen molar-refractivity contribution < 1.29 is 9.18 Å². The van der Waals surface area contributed by atoms with Gasteiger partial charge >= 0.3 is 0 Å². The summed E-state index contributed by atoms with van der Waals surface area (Å²) in [6.07, 6.45) is 0.830. The van der Waals surface area contributed by atoms with Gasteiger partial charge in [-0.2, -0.15) is 0 Å². The summed E-state index contributed by atoms with van der Waals surface area (Å²) in [5, 5.41) is 5.87. The van der Waals surface area contributed by atoms with Crippen LogP contribution in [0, 0.1) is 5.82 Å². The molecule has 0 spiro atoms. The van der Waals surface area contributed by atoms with Gasteiger partial charge in [0.1, 0.15) is 11.0 Å². The average molecular weight is 312 g/mol. The van der Waals surface area contributed by atoms with Crippen LogP contribution < -0.4 is 10.6 Å². The van der Waals surface area contributed by atoms with E-state index in [2.05, 4.69) is 20.6 Å². The van der Waals surface area contributed by atoms with Gasteiger partial charge in [0.15, 0.2) is 5.82 Å². The van der Waals surface area contributed by atoms with Gasteiger partial charge in [0, 0.05) is 6.54 Å². The second kappa shape index (κ2) is 6.66. The van der Waals surface area contributed by atoms with Crippen molar-refractivity contribution in [1.29, 1.82) is 0 Å². The molecule has 0 fully saturated rings. The Balaban J connectivity index is 2.00. The zero-order valence-electron chi connectivity index (χ0n) is 12.8. The van der Waals surface area contributed by atoms with E-state index >= 15 is 0 Å². The molecule has 2 aromatic carbocycles. The van der Waals surface area contributed by atoms with E-state index in [1.54, 1.807) is 30.3 Å². The first-order valence-corrected chi connectivity index (χ1v) is 7.48. The number of nitrogens with one attached hydrogen (secondary N) is 2. The van der Waals surface area contributed by atoms with E-state index < -0.39 is 5.82 Å². The lowest BCUT2D eigenvalue weighted by Crippen LogP contribution is -2.26. The molecular weight excluding hydrogens is 295 g/mol. The van der Waals surface area contributed by atoms with Crippen molar-refractivity contribution in [2.75, 3.05) is 20.1 Å². The van der Waals surface area contributed by atoms with Crippen molar-refractivity contribution in [2.45, 2.75) is 6.42 Å². The second-order valence-electron chi connectivity index (χ2n) is 5.22. The largest absolute Gasteiger partial charge is 0.352 e. The Morgan fingerprint density at radius 1 is 1.04 bits per heavy atom. The van der Waals surface area contributed by atoms with Crippen LogP contribution in [0.2, 0.25) is 0 Å². The average Bonchev–Trinajstić information content (AvgIpc) is 2.57. The van der Waals surface area contributed by atoms with Crippen molar-refractivity contribution in [3.8, 4) is 0 Å². The van der Waals surface area contributed by atoms with Crippen LogP contribution in [0.5, 0.6) is 0 Å². The number of benzene rings is 2. The van der Waals surface area contributed by atoms with Crippen LogP contribution in [-0.2, 0) is 0 Å². The molecule has 0 radical (unpaired) electrons. The Hall–Kier alpha value is -2.60. The molecule has 0 atom stereocenters. The monoisotopic (exact) mass is 312 g/mol. The van der Waals surface area contributed by atoms with E-state index in [9.17, 15) is 9.18 Å². The van der Waals surface area contributed by atoms with Gasteiger partial charge < -0.3 is 10.6 Å². The number of para-hydroxylation sites is 2. The molecule has 3 rings (SSSR count). The van der Waals surface area contributed by atoms with Gasteiger partial charge in [-0.1, -0.05) is 12.1 Å². The van der Waals surface area contributed by atoms with E-state index in [1.165, 1.54) is 6.07 Å². The van der Waals surface area contributed by atoms with E-state index in [1.807, 2.05) is 7.05 Å². The van der Waals surface area contributed by atoms with Gasteiger partial charge in [0.2, 0.25) is 0 Å². The topological polar surface area (TPSA) is 66.9 Å². The molecule has 1 aromatic heterocycles. The number of hydrogen-bond acceptors (Lipinski definition) is 4. The first kappa shape index (κ1) is 15.3. The number of rotatable bonds is 5. The molecule has 0 aliphatic heterocycles. The lowest BCUT2D eigenvalue weighted by Gasteiger charge is -2.08. The zero-order valence-corrected chi connectivity index (χ0v) is 12.8. The molecule has 6 heteroatoms. The van der Waals surface area contributed by atoms with Crippen molar-refractivity contribution in [1.82, 2.24) is 20.6 Å². The molecule has 0 saturated heterocycles. The fraction of sp³-hybridized carbons (Fsp3) is 0.235. The van der Waals surface area contributed by atoms with Crippen LogP contribution in [-0.4, -0.2) is 36.0 Å². The van der Waals surface area contributed by atoms with Crippen molar-refractivity contribution in [2.24, 2.45) is 0 Å². The second-order valence-corrected chi connectivity index (χ2v) is 5.22. The maximum Gasteiger partial charge on any atom is 0.253 e. The van der Waals surface area contributed by atoms with Crippen molar-refractivity contribution in [3.05, 3.63) is 47.8 Å². The molecule has 23 heavy (non-hydrogen) atoms. The van der Waals surface area contributed by atoms with Crippen LogP contribution in [0.1, 0.15) is 16.8 Å². The highest BCUT2D eigenvalue weighted by atomic mass is 19.1. The quantitative estimate of drug-likeness (QED) is 0.560. The third-order valence-corrected chi connectivity index (χ3v) is 3.58. The lowest BCUT2D eigenvalue weighted by atomic mass is 10.1. The van der Waals surface area contributed by atoms with Gasteiger partial charge in [-0.3, -0.25) is 4.79 Å². The number of fused-ring (bicyclic) bond motifs is 2. The summed E-state index contributed by atoms with van der Waals surface area (Å²) >= 11 is 0. The minimum atomic E-state index is -0.443. The Kier molecular flexibility index (Phi) is 4.43. The lowest BCUT2D eigenvalue weighted by molar-refractivity contribution is 0.0954. The fourth-order valence-electron chi connectivity index (χ4n) is 2.43. The summed E-state index contributed by atoms with van der Waals surface area (Å²) in [5.41, 5.74) is 2.05. The molecule has 0 saturated carbocycles. The molecule has 0 aliphatic carbocycles. The van der Waals surface area contributed by atoms with Gasteiger partial charge in [0.25, 0.3) is 5.91 Å². The maximum absolute atomic E-state index is 13.9. The van der Waals surface area contributed by atoms with Crippen LogP contribution in [0.3, 0.4) is 0 Å². The summed E-state index contributed by atoms with van der Waals surface area (Å²) in [6.45, 7) is 1.39. The Labute approximate surface area is 132 Å². The Bertz CT molecular complexity index is 866. The molecule has 5 nitrogen and oxygen atoms in total. The first-order valence-electron chi connectivity index (χ1n) is 7.48. The van der Waals surface area contributed by atoms with Crippen LogP contribution in [0.25, 0.3) is 22.1 Å². The van der Waals surface area contributed by atoms with Gasteiger partial charge in [-0.05, 0) is 44.3 Å². The summed E-state index contributed by atoms with van der Waals surface area (Å²) in [7, 11) is 1.86. The van der Waals surface area contributed by atoms with E-state index in [4.69, 9.17) is 0 Å². The molecule has 3 aromatic rings. The molecule has 118 valence electrons. The predicted molar refractivity (Wildman–Crippen MR) is 87.9 cm³/mol. The van der Waals surface area contributed by atoms with Gasteiger partial charge in [0.05, 0.1) is 16.6 Å². The first-order chi connectivity index (χ1) is 11.2. The molecule has 1 amide bonds. The molecule has 0 bridgehead atoms. The van der Waals surface area contributed by atoms with E-state index in [0.29, 0.717) is 28.7 Å². The van der Waals surface area contributed by atoms with Crippen LogP contribution in [0.15, 0.2) is 36.4 Å². The number of aromatic nitrogens is 2. The maximum atomic E-state index is 13.9. The number of carbonyl (C=O) groups is 1. The van der Waals surface area contributed by atoms with Crippen LogP contribution >= 0.6 is 0 Å². The zero-order chi connectivity index (χ0) is 16.2. The predicted octanol–water partition coefficient (Wildman–Crippen LogP) is 2.26. The molecule has 0 unspecified atom stereocenters. The summed E-state index contributed by atoms with van der Waals surface area (Å²) < 4.78 is 13.9. The van der Waals surface area contributed by atoms with Crippen LogP contribution in [0.4, 0.5) is 4.39 Å². The van der Waals surface area contributed by atoms with Crippen molar-refractivity contribution >= 4 is 28.0 Å². The standard InChI is InChI=1S/C17H17FN4O/c1-19-9-4-10-20-17(23)11-5-2-7-13-15(11)22-16-12(18)6-3-8-14(16)21-13/h2-3,5-8,19H,4,9-10H2,1H3,(H,20,23). The third kappa shape index (κ3) is 3.12. The minimum absolute atomic E-state index is 0.176. The minimum Gasteiger partial charge on any atom is -0.352 e. The molecule has 0 aliphatic rings. The smallest absolute Gasteiger partial charge is 0.253 e. The molecular formula is C17H17FN4O. The summed E-state index contributed by atoms with van der Waals surface area (Å²) in [4.78, 5) is 21.1. The number of carbonyl (C=O) groups excluding carboxylic acids is 1. The van der Waals surface area contributed by atoms with E-state index in [0.717, 1.165) is 13.0 Å².